The quantitative estimate of drug-likeness (QED) is 0.0113. The first kappa shape index (κ1) is 62.0. The van der Waals surface area contributed by atoms with Crippen LogP contribution in [0.15, 0.2) is 0 Å². The van der Waals surface area contributed by atoms with Gasteiger partial charge < -0.3 is 44.3 Å². The number of ether oxygens (including phenoxy) is 6. The number of alkyl halides is 1. The highest BCUT2D eigenvalue weighted by atomic mass is 127. The monoisotopic (exact) mass is 998 g/mol. The van der Waals surface area contributed by atoms with E-state index in [0.717, 1.165) is 38.5 Å². The van der Waals surface area contributed by atoms with E-state index in [1.54, 1.807) is 0 Å². The lowest BCUT2D eigenvalue weighted by Gasteiger charge is -2.18. The van der Waals surface area contributed by atoms with Crippen LogP contribution in [0.25, 0.3) is 0 Å². The van der Waals surface area contributed by atoms with Crippen molar-refractivity contribution in [1.29, 1.82) is 5.41 Å². The Balaban J connectivity index is 0. The average Bonchev–Trinajstić information content (AvgIpc) is 3.26. The van der Waals surface area contributed by atoms with Crippen LogP contribution in [0.1, 0.15) is 206 Å². The Morgan fingerprint density at radius 1 is 0.484 bits per heavy atom. The van der Waals surface area contributed by atoms with Crippen LogP contribution in [-0.2, 0) is 47.6 Å². The lowest BCUT2D eigenvalue weighted by atomic mass is 10.0. The first-order chi connectivity index (χ1) is 30.3. The minimum atomic E-state index is -0.922. The number of esters is 3. The fraction of sp³-hybridized carbons (Fsp3) is 0.896. The van der Waals surface area contributed by atoms with Gasteiger partial charge in [-0.1, -0.05) is 191 Å². The van der Waals surface area contributed by atoms with Crippen LogP contribution in [0.2, 0.25) is 0 Å². The third-order valence-electron chi connectivity index (χ3n) is 10.2. The second-order valence-corrected chi connectivity index (χ2v) is 16.0. The van der Waals surface area contributed by atoms with Gasteiger partial charge in [-0.3, -0.25) is 19.2 Å². The van der Waals surface area contributed by atoms with E-state index < -0.39 is 23.9 Å². The Bertz CT molecular complexity index is 1040. The van der Waals surface area contributed by atoms with Crippen LogP contribution in [0.4, 0.5) is 0 Å². The Morgan fingerprint density at radius 2 is 0.839 bits per heavy atom. The van der Waals surface area contributed by atoms with Gasteiger partial charge in [0.1, 0.15) is 13.2 Å². The summed E-state index contributed by atoms with van der Waals surface area (Å²) in [6.45, 7) is 5.39. The number of amides is 1. The van der Waals surface area contributed by atoms with Crippen molar-refractivity contribution in [2.24, 2.45) is 0 Å². The topological polar surface area (TPSA) is 183 Å². The number of hydrogen-bond donors (Lipinski definition) is 2. The minimum Gasteiger partial charge on any atom is -0.861 e. The van der Waals surface area contributed by atoms with Gasteiger partial charge in [0.2, 0.25) is 5.91 Å². The minimum absolute atomic E-state index is 0.0830. The van der Waals surface area contributed by atoms with Gasteiger partial charge >= 0.3 is 17.9 Å². The summed E-state index contributed by atoms with van der Waals surface area (Å²) in [5.74, 6) is -2.52. The summed E-state index contributed by atoms with van der Waals surface area (Å²) in [7, 11) is 0. The van der Waals surface area contributed by atoms with Crippen LogP contribution >= 0.6 is 22.6 Å². The number of halogens is 1. The SMILES string of the molecule is CCCCCCCCCCCCCCCC(=O)OCC(COC(=O)CCC(=O)NCCOCCOCCOCC(=N)[O-])OC(=O)CCCCCCCCCCCCCCC.CI. The van der Waals surface area contributed by atoms with Crippen molar-refractivity contribution < 1.29 is 52.7 Å². The molecule has 13 nitrogen and oxygen atoms in total. The number of hydrogen-bond acceptors (Lipinski definition) is 12. The van der Waals surface area contributed by atoms with E-state index in [9.17, 15) is 24.3 Å². The Morgan fingerprint density at radius 3 is 1.26 bits per heavy atom. The molecule has 62 heavy (non-hydrogen) atoms. The summed E-state index contributed by atoms with van der Waals surface area (Å²) in [6.07, 6.45) is 30.9. The zero-order valence-electron chi connectivity index (χ0n) is 39.5. The van der Waals surface area contributed by atoms with E-state index in [1.807, 2.05) is 4.93 Å². The van der Waals surface area contributed by atoms with Gasteiger partial charge in [-0.25, -0.2) is 0 Å². The molecular weight excluding hydrogens is 907 g/mol. The molecule has 0 rings (SSSR count). The van der Waals surface area contributed by atoms with Crippen molar-refractivity contribution in [3.8, 4) is 0 Å². The van der Waals surface area contributed by atoms with Gasteiger partial charge in [-0.05, 0) is 23.7 Å². The van der Waals surface area contributed by atoms with Crippen molar-refractivity contribution in [2.45, 2.75) is 213 Å². The molecule has 0 saturated carbocycles. The molecule has 2 N–H and O–H groups in total. The zero-order chi connectivity index (χ0) is 46.0. The molecule has 1 amide bonds. The maximum absolute atomic E-state index is 12.7. The van der Waals surface area contributed by atoms with E-state index in [4.69, 9.17) is 33.8 Å². The molecule has 14 heteroatoms. The maximum atomic E-state index is 12.7. The fourth-order valence-corrected chi connectivity index (χ4v) is 6.62. The summed E-state index contributed by atoms with van der Waals surface area (Å²) in [6, 6.07) is 0. The Hall–Kier alpha value is -2.04. The van der Waals surface area contributed by atoms with E-state index in [-0.39, 0.29) is 77.3 Å². The third-order valence-corrected chi connectivity index (χ3v) is 10.2. The summed E-state index contributed by atoms with van der Waals surface area (Å²) in [4.78, 5) is 51.9. The molecule has 366 valence electrons. The third kappa shape index (κ3) is 50.6. The largest absolute Gasteiger partial charge is 0.861 e. The van der Waals surface area contributed by atoms with E-state index in [0.29, 0.717) is 26.1 Å². The molecule has 1 unspecified atom stereocenters. The number of carbonyl (C=O) groups is 4. The van der Waals surface area contributed by atoms with Crippen LogP contribution in [0, 0.1) is 5.41 Å². The molecule has 0 heterocycles. The first-order valence-corrected chi connectivity index (χ1v) is 26.6. The van der Waals surface area contributed by atoms with E-state index in [1.165, 1.54) is 122 Å². The molecule has 0 bridgehead atoms. The summed E-state index contributed by atoms with van der Waals surface area (Å²) < 4.78 is 32.0. The number of unbranched alkanes of at least 4 members (excludes halogenated alkanes) is 24. The van der Waals surface area contributed by atoms with Crippen LogP contribution in [0.5, 0.6) is 0 Å². The lowest BCUT2D eigenvalue weighted by Crippen LogP contribution is -2.31. The Kier molecular flexibility index (Phi) is 51.6. The summed E-state index contributed by atoms with van der Waals surface area (Å²) in [5.41, 5.74) is 0. The lowest BCUT2D eigenvalue weighted by molar-refractivity contribution is -0.225. The highest BCUT2D eigenvalue weighted by Crippen LogP contribution is 2.15. The smallest absolute Gasteiger partial charge is 0.306 e. The first-order valence-electron chi connectivity index (χ1n) is 24.4. The molecule has 0 aromatic rings. The van der Waals surface area contributed by atoms with Gasteiger partial charge in [0.25, 0.3) is 0 Å². The molecule has 0 aliphatic carbocycles. The highest BCUT2D eigenvalue weighted by Gasteiger charge is 2.20. The number of nitrogens with one attached hydrogen (secondary N) is 2. The van der Waals surface area contributed by atoms with Crippen molar-refractivity contribution in [1.82, 2.24) is 5.32 Å². The summed E-state index contributed by atoms with van der Waals surface area (Å²) in [5, 5.41) is 19.9. The number of carbonyl (C=O) groups excluding carboxylic acids is 4. The fourth-order valence-electron chi connectivity index (χ4n) is 6.62. The van der Waals surface area contributed by atoms with Gasteiger partial charge in [0, 0.05) is 25.8 Å². The molecule has 0 saturated heterocycles. The van der Waals surface area contributed by atoms with Gasteiger partial charge in [0.05, 0.1) is 46.1 Å². The molecule has 0 fully saturated rings. The van der Waals surface area contributed by atoms with Crippen LogP contribution in [0.3, 0.4) is 0 Å². The van der Waals surface area contributed by atoms with Gasteiger partial charge in [-0.15, -0.1) is 0 Å². The molecule has 0 radical (unpaired) electrons. The zero-order valence-corrected chi connectivity index (χ0v) is 41.7. The standard InChI is InChI=1S/C47H88N2O11.CH3I/c1-3-5-7-9-11-13-15-17-19-21-23-25-27-29-45(52)58-39-42(60-47(54)30-28-26-24-22-20-18-16-14-12-10-8-6-4-2)40-59-46(53)32-31-44(51)49-33-34-55-35-36-56-37-38-57-41-43(48)50;1-2/h42H,3-41H2,1-2H3,(H2,48,50)(H,49,51);1H3/p-1. The van der Waals surface area contributed by atoms with Gasteiger partial charge in [-0.2, -0.15) is 0 Å². The highest BCUT2D eigenvalue weighted by molar-refractivity contribution is 14.1. The van der Waals surface area contributed by atoms with Crippen LogP contribution in [-0.4, -0.2) is 100 Å². The molecule has 1 atom stereocenters. The predicted molar refractivity (Wildman–Crippen MR) is 255 cm³/mol. The van der Waals surface area contributed by atoms with Crippen molar-refractivity contribution in [3.63, 3.8) is 0 Å². The predicted octanol–water partition coefficient (Wildman–Crippen LogP) is 10.3. The maximum Gasteiger partial charge on any atom is 0.306 e. The average molecular weight is 998 g/mol. The van der Waals surface area contributed by atoms with Crippen molar-refractivity contribution in [3.05, 3.63) is 0 Å². The number of rotatable bonds is 47. The normalized spacial score (nSPS) is 11.4. The molecule has 0 aromatic heterocycles. The molecule has 0 spiro atoms. The second-order valence-electron chi connectivity index (χ2n) is 16.0. The van der Waals surface area contributed by atoms with E-state index >= 15 is 0 Å². The molecule has 0 aliphatic heterocycles. The van der Waals surface area contributed by atoms with Gasteiger partial charge in [0.15, 0.2) is 6.10 Å². The molecule has 0 aliphatic rings. The summed E-state index contributed by atoms with van der Waals surface area (Å²) >= 11 is 2.15. The van der Waals surface area contributed by atoms with Crippen LogP contribution < -0.4 is 10.4 Å². The molecular formula is C48H90IN2O11-. The molecule has 0 aromatic carbocycles. The Labute approximate surface area is 391 Å². The van der Waals surface area contributed by atoms with Crippen molar-refractivity contribution >= 4 is 52.3 Å². The second kappa shape index (κ2) is 51.6. The van der Waals surface area contributed by atoms with E-state index in [2.05, 4.69) is 41.8 Å². The van der Waals surface area contributed by atoms with Crippen molar-refractivity contribution in [2.75, 3.05) is 64.3 Å².